The summed E-state index contributed by atoms with van der Waals surface area (Å²) >= 11 is 5.93. The molecule has 0 aromatic heterocycles. The van der Waals surface area contributed by atoms with E-state index >= 15 is 0 Å². The zero-order valence-electron chi connectivity index (χ0n) is 17.6. The lowest BCUT2D eigenvalue weighted by Crippen LogP contribution is -2.54. The van der Waals surface area contributed by atoms with E-state index < -0.39 is 17.8 Å². The molecule has 4 amide bonds. The van der Waals surface area contributed by atoms with Crippen LogP contribution in [0.3, 0.4) is 0 Å². The van der Waals surface area contributed by atoms with E-state index in [1.807, 2.05) is 12.1 Å². The van der Waals surface area contributed by atoms with Crippen LogP contribution in [0.1, 0.15) is 11.1 Å². The van der Waals surface area contributed by atoms with Gasteiger partial charge in [0.05, 0.1) is 12.8 Å². The van der Waals surface area contributed by atoms with Crippen LogP contribution in [0.25, 0.3) is 6.08 Å². The van der Waals surface area contributed by atoms with Gasteiger partial charge in [-0.3, -0.25) is 14.9 Å². The zero-order valence-corrected chi connectivity index (χ0v) is 18.3. The number of barbiturate groups is 1. The first kappa shape index (κ1) is 22.1. The van der Waals surface area contributed by atoms with Crippen molar-refractivity contribution in [2.24, 2.45) is 0 Å². The lowest BCUT2D eigenvalue weighted by molar-refractivity contribution is -0.122. The van der Waals surface area contributed by atoms with Gasteiger partial charge >= 0.3 is 6.03 Å². The maximum atomic E-state index is 13.1. The average molecular weight is 463 g/mol. The highest BCUT2D eigenvalue weighted by atomic mass is 35.5. The Morgan fingerprint density at radius 3 is 2.39 bits per heavy atom. The molecule has 4 rings (SSSR count). The topological polar surface area (TPSA) is 84.9 Å². The van der Waals surface area contributed by atoms with Gasteiger partial charge in [-0.15, -0.1) is 0 Å². The molecule has 1 aliphatic heterocycles. The molecule has 0 aliphatic carbocycles. The number of ether oxygens (including phenoxy) is 2. The third kappa shape index (κ3) is 4.88. The van der Waals surface area contributed by atoms with Crippen LogP contribution in [-0.4, -0.2) is 25.0 Å². The van der Waals surface area contributed by atoms with E-state index in [9.17, 15) is 14.4 Å². The molecule has 1 fully saturated rings. The maximum Gasteiger partial charge on any atom is 0.335 e. The first-order chi connectivity index (χ1) is 16.0. The normalized spacial score (nSPS) is 14.9. The van der Waals surface area contributed by atoms with Crippen molar-refractivity contribution in [2.75, 3.05) is 12.0 Å². The Morgan fingerprint density at radius 2 is 1.70 bits per heavy atom. The minimum atomic E-state index is -0.803. The van der Waals surface area contributed by atoms with E-state index in [1.165, 1.54) is 13.2 Å². The highest BCUT2D eigenvalue weighted by molar-refractivity contribution is 6.39. The number of methoxy groups -OCH3 is 1. The van der Waals surface area contributed by atoms with Crippen LogP contribution >= 0.6 is 11.6 Å². The molecule has 0 bridgehead atoms. The molecule has 8 heteroatoms. The van der Waals surface area contributed by atoms with Gasteiger partial charge in [0.1, 0.15) is 23.7 Å². The van der Waals surface area contributed by atoms with E-state index in [1.54, 1.807) is 60.7 Å². The number of imide groups is 2. The molecule has 3 aromatic carbocycles. The van der Waals surface area contributed by atoms with Gasteiger partial charge in [-0.1, -0.05) is 41.9 Å². The molecule has 0 radical (unpaired) electrons. The van der Waals surface area contributed by atoms with Gasteiger partial charge in [0, 0.05) is 16.7 Å². The molecule has 1 saturated heterocycles. The van der Waals surface area contributed by atoms with Crippen LogP contribution in [0, 0.1) is 0 Å². The van der Waals surface area contributed by atoms with Crippen LogP contribution in [0.2, 0.25) is 5.02 Å². The second-order valence-corrected chi connectivity index (χ2v) is 7.55. The first-order valence-electron chi connectivity index (χ1n) is 9.98. The average Bonchev–Trinajstić information content (AvgIpc) is 2.82. The maximum absolute atomic E-state index is 13.1. The minimum Gasteiger partial charge on any atom is -0.497 e. The molecule has 0 unspecified atom stereocenters. The highest BCUT2D eigenvalue weighted by Crippen LogP contribution is 2.29. The number of hydrogen-bond acceptors (Lipinski definition) is 5. The monoisotopic (exact) mass is 462 g/mol. The molecule has 1 aliphatic rings. The first-order valence-corrected chi connectivity index (χ1v) is 10.4. The number of hydrogen-bond donors (Lipinski definition) is 1. The lowest BCUT2D eigenvalue weighted by atomic mass is 10.1. The van der Waals surface area contributed by atoms with Crippen LogP contribution in [0.15, 0.2) is 78.4 Å². The van der Waals surface area contributed by atoms with Crippen LogP contribution in [0.5, 0.6) is 11.5 Å². The largest absolute Gasteiger partial charge is 0.497 e. The number of amides is 4. The summed E-state index contributed by atoms with van der Waals surface area (Å²) in [4.78, 5) is 38.9. The summed E-state index contributed by atoms with van der Waals surface area (Å²) in [7, 11) is 1.53. The fourth-order valence-electron chi connectivity index (χ4n) is 3.25. The van der Waals surface area contributed by atoms with Gasteiger partial charge < -0.3 is 9.47 Å². The van der Waals surface area contributed by atoms with Crippen molar-refractivity contribution in [2.45, 2.75) is 6.61 Å². The second kappa shape index (κ2) is 9.58. The van der Waals surface area contributed by atoms with Gasteiger partial charge in [0.2, 0.25) is 0 Å². The second-order valence-electron chi connectivity index (χ2n) is 7.11. The minimum absolute atomic E-state index is 0.194. The Morgan fingerprint density at radius 1 is 0.970 bits per heavy atom. The predicted molar refractivity (Wildman–Crippen MR) is 124 cm³/mol. The summed E-state index contributed by atoms with van der Waals surface area (Å²) in [5.41, 5.74) is 1.52. The lowest BCUT2D eigenvalue weighted by Gasteiger charge is -2.26. The van der Waals surface area contributed by atoms with Crippen molar-refractivity contribution in [3.63, 3.8) is 0 Å². The van der Waals surface area contributed by atoms with E-state index in [0.717, 1.165) is 10.5 Å². The van der Waals surface area contributed by atoms with E-state index in [4.69, 9.17) is 21.1 Å². The summed E-state index contributed by atoms with van der Waals surface area (Å²) in [5, 5.41) is 2.83. The molecule has 33 heavy (non-hydrogen) atoms. The summed E-state index contributed by atoms with van der Waals surface area (Å²) < 4.78 is 11.2. The molecule has 3 aromatic rings. The Bertz CT molecular complexity index is 1240. The number of nitrogens with one attached hydrogen (secondary N) is 1. The van der Waals surface area contributed by atoms with Crippen molar-refractivity contribution in [3.05, 3.63) is 94.5 Å². The SMILES string of the molecule is COc1ccc(/C=C2\C(=O)NC(=O)N(c3ccccc3)C2=O)c(OCc2ccc(Cl)cc2)c1. The van der Waals surface area contributed by atoms with Crippen LogP contribution in [0.4, 0.5) is 10.5 Å². The van der Waals surface area contributed by atoms with Gasteiger partial charge in [0.25, 0.3) is 11.8 Å². The number of benzene rings is 3. The number of para-hydroxylation sites is 1. The molecule has 0 saturated carbocycles. The van der Waals surface area contributed by atoms with E-state index in [0.29, 0.717) is 27.8 Å². The number of anilines is 1. The van der Waals surface area contributed by atoms with Gasteiger partial charge in [-0.2, -0.15) is 0 Å². The fourth-order valence-corrected chi connectivity index (χ4v) is 3.38. The van der Waals surface area contributed by atoms with Crippen LogP contribution in [-0.2, 0) is 16.2 Å². The van der Waals surface area contributed by atoms with Gasteiger partial charge in [-0.25, -0.2) is 9.69 Å². The Kier molecular flexibility index (Phi) is 6.42. The summed E-state index contributed by atoms with van der Waals surface area (Å²) in [6, 6.07) is 19.8. The molecule has 166 valence electrons. The molecular weight excluding hydrogens is 444 g/mol. The standard InChI is InChI=1S/C25H19ClN2O5/c1-32-20-12-9-17(22(14-20)33-15-16-7-10-18(26)11-8-16)13-21-23(29)27-25(31)28(24(21)30)19-5-3-2-4-6-19/h2-14H,15H2,1H3,(H,27,29,31)/b21-13+. The van der Waals surface area contributed by atoms with Crippen molar-refractivity contribution in [3.8, 4) is 11.5 Å². The van der Waals surface area contributed by atoms with Crippen molar-refractivity contribution in [1.29, 1.82) is 0 Å². The Labute approximate surface area is 195 Å². The molecular formula is C25H19ClN2O5. The number of halogens is 1. The summed E-state index contributed by atoms with van der Waals surface area (Å²) in [5.74, 6) is -0.560. The summed E-state index contributed by atoms with van der Waals surface area (Å²) in [6.45, 7) is 0.231. The smallest absolute Gasteiger partial charge is 0.335 e. The fraction of sp³-hybridized carbons (Fsp3) is 0.0800. The van der Waals surface area contributed by atoms with Gasteiger partial charge in [0.15, 0.2) is 0 Å². The quantitative estimate of drug-likeness (QED) is 0.427. The summed E-state index contributed by atoms with van der Waals surface area (Å²) in [6.07, 6.45) is 1.40. The van der Waals surface area contributed by atoms with Crippen molar-refractivity contribution >= 4 is 41.2 Å². The van der Waals surface area contributed by atoms with Crippen molar-refractivity contribution in [1.82, 2.24) is 5.32 Å². The molecule has 0 spiro atoms. The molecule has 7 nitrogen and oxygen atoms in total. The Hall–Kier alpha value is -4.10. The number of nitrogens with zero attached hydrogens (tertiary/aromatic N) is 1. The highest BCUT2D eigenvalue weighted by Gasteiger charge is 2.36. The van der Waals surface area contributed by atoms with Crippen molar-refractivity contribution < 1.29 is 23.9 Å². The molecule has 1 N–H and O–H groups in total. The van der Waals surface area contributed by atoms with Gasteiger partial charge in [-0.05, 0) is 48.0 Å². The number of carbonyl (C=O) groups is 3. The number of carbonyl (C=O) groups excluding carboxylic acids is 3. The third-order valence-electron chi connectivity index (χ3n) is 4.94. The molecule has 1 heterocycles. The zero-order chi connectivity index (χ0) is 23.4. The van der Waals surface area contributed by atoms with E-state index in [2.05, 4.69) is 5.32 Å². The predicted octanol–water partition coefficient (Wildman–Crippen LogP) is 4.59. The third-order valence-corrected chi connectivity index (χ3v) is 5.20. The van der Waals surface area contributed by atoms with E-state index in [-0.39, 0.29) is 12.2 Å². The molecule has 0 atom stereocenters. The van der Waals surface area contributed by atoms with Crippen LogP contribution < -0.4 is 19.7 Å². The number of urea groups is 1. The number of rotatable bonds is 6. The Balaban J connectivity index is 1.67.